The minimum atomic E-state index is -0.169. The summed E-state index contributed by atoms with van der Waals surface area (Å²) in [5, 5.41) is 5.72. The van der Waals surface area contributed by atoms with E-state index in [4.69, 9.17) is 9.47 Å². The van der Waals surface area contributed by atoms with Crippen molar-refractivity contribution in [2.75, 3.05) is 20.8 Å². The Labute approximate surface area is 143 Å². The standard InChI is InChI=1S/C19H24N2O3/c1-14-5-4-6-16(11-14)13-21-19(22)20-10-9-15-7-8-17(23-2)18(12-15)24-3/h4-8,11-12H,9-10,13H2,1-3H3,(H2,20,21,22). The fourth-order valence-corrected chi connectivity index (χ4v) is 2.42. The van der Waals surface area contributed by atoms with Crippen molar-refractivity contribution in [2.24, 2.45) is 0 Å². The van der Waals surface area contributed by atoms with Crippen molar-refractivity contribution in [3.8, 4) is 11.5 Å². The SMILES string of the molecule is COc1ccc(CCNC(=O)NCc2cccc(C)c2)cc1OC. The normalized spacial score (nSPS) is 10.1. The summed E-state index contributed by atoms with van der Waals surface area (Å²) in [6.07, 6.45) is 0.720. The van der Waals surface area contributed by atoms with Gasteiger partial charge in [0.2, 0.25) is 0 Å². The van der Waals surface area contributed by atoms with Crippen LogP contribution in [0.1, 0.15) is 16.7 Å². The third-order valence-corrected chi connectivity index (χ3v) is 3.68. The Morgan fingerprint density at radius 3 is 2.46 bits per heavy atom. The molecule has 0 heterocycles. The summed E-state index contributed by atoms with van der Waals surface area (Å²) < 4.78 is 10.5. The Morgan fingerprint density at radius 1 is 0.958 bits per heavy atom. The number of carbonyl (C=O) groups is 1. The van der Waals surface area contributed by atoms with Gasteiger partial charge in [0.15, 0.2) is 11.5 Å². The van der Waals surface area contributed by atoms with Gasteiger partial charge in [0, 0.05) is 13.1 Å². The number of ether oxygens (including phenoxy) is 2. The zero-order valence-electron chi connectivity index (χ0n) is 14.4. The second kappa shape index (κ2) is 8.82. The monoisotopic (exact) mass is 328 g/mol. The molecule has 0 radical (unpaired) electrons. The number of carbonyl (C=O) groups excluding carboxylic acids is 1. The third-order valence-electron chi connectivity index (χ3n) is 3.68. The molecule has 2 rings (SSSR count). The van der Waals surface area contributed by atoms with E-state index in [9.17, 15) is 4.79 Å². The number of aryl methyl sites for hydroxylation is 1. The van der Waals surface area contributed by atoms with Crippen LogP contribution in [0.2, 0.25) is 0 Å². The van der Waals surface area contributed by atoms with Gasteiger partial charge in [-0.1, -0.05) is 35.9 Å². The largest absolute Gasteiger partial charge is 0.493 e. The highest BCUT2D eigenvalue weighted by atomic mass is 16.5. The van der Waals surface area contributed by atoms with Gasteiger partial charge in [-0.15, -0.1) is 0 Å². The third kappa shape index (κ3) is 5.19. The van der Waals surface area contributed by atoms with Crippen LogP contribution in [-0.4, -0.2) is 26.8 Å². The van der Waals surface area contributed by atoms with Crippen LogP contribution in [0.4, 0.5) is 4.79 Å². The lowest BCUT2D eigenvalue weighted by atomic mass is 10.1. The lowest BCUT2D eigenvalue weighted by Gasteiger charge is -2.11. The molecule has 128 valence electrons. The molecule has 0 bridgehead atoms. The summed E-state index contributed by atoms with van der Waals surface area (Å²) in [6, 6.07) is 13.7. The van der Waals surface area contributed by atoms with Crippen LogP contribution in [0, 0.1) is 6.92 Å². The van der Waals surface area contributed by atoms with Crippen LogP contribution >= 0.6 is 0 Å². The quantitative estimate of drug-likeness (QED) is 0.821. The molecule has 2 amide bonds. The first-order valence-corrected chi connectivity index (χ1v) is 7.90. The minimum Gasteiger partial charge on any atom is -0.493 e. The summed E-state index contributed by atoms with van der Waals surface area (Å²) in [5.41, 5.74) is 3.35. The number of rotatable bonds is 7. The van der Waals surface area contributed by atoms with Crippen molar-refractivity contribution in [3.63, 3.8) is 0 Å². The fraction of sp³-hybridized carbons (Fsp3) is 0.316. The minimum absolute atomic E-state index is 0.169. The van der Waals surface area contributed by atoms with E-state index in [1.165, 1.54) is 5.56 Å². The van der Waals surface area contributed by atoms with Crippen LogP contribution in [0.3, 0.4) is 0 Å². The van der Waals surface area contributed by atoms with Gasteiger partial charge in [0.25, 0.3) is 0 Å². The maximum atomic E-state index is 11.8. The predicted octanol–water partition coefficient (Wildman–Crippen LogP) is 3.05. The molecule has 0 aliphatic heterocycles. The molecule has 0 fully saturated rings. The van der Waals surface area contributed by atoms with Crippen molar-refractivity contribution in [1.82, 2.24) is 10.6 Å². The Bertz CT molecular complexity index is 686. The van der Waals surface area contributed by atoms with Gasteiger partial charge in [-0.3, -0.25) is 0 Å². The molecular weight excluding hydrogens is 304 g/mol. The molecule has 5 nitrogen and oxygen atoms in total. The lowest BCUT2D eigenvalue weighted by molar-refractivity contribution is 0.240. The molecule has 2 N–H and O–H groups in total. The molecule has 0 spiro atoms. The summed E-state index contributed by atoms with van der Waals surface area (Å²) in [5.74, 6) is 1.39. The zero-order valence-corrected chi connectivity index (χ0v) is 14.4. The summed E-state index contributed by atoms with van der Waals surface area (Å²) in [6.45, 7) is 3.10. The van der Waals surface area contributed by atoms with Gasteiger partial charge in [0.05, 0.1) is 14.2 Å². The molecule has 2 aromatic rings. The summed E-state index contributed by atoms with van der Waals surface area (Å²) >= 11 is 0. The maximum absolute atomic E-state index is 11.8. The number of methoxy groups -OCH3 is 2. The molecule has 0 saturated heterocycles. The molecule has 2 aromatic carbocycles. The molecule has 0 aromatic heterocycles. The number of hydrogen-bond donors (Lipinski definition) is 2. The Balaban J connectivity index is 1.76. The first-order valence-electron chi connectivity index (χ1n) is 7.90. The average Bonchev–Trinajstić information content (AvgIpc) is 2.60. The van der Waals surface area contributed by atoms with Gasteiger partial charge >= 0.3 is 6.03 Å². The maximum Gasteiger partial charge on any atom is 0.315 e. The fourth-order valence-electron chi connectivity index (χ4n) is 2.42. The predicted molar refractivity (Wildman–Crippen MR) is 94.7 cm³/mol. The first kappa shape index (κ1) is 17.7. The highest BCUT2D eigenvalue weighted by Gasteiger charge is 2.05. The average molecular weight is 328 g/mol. The van der Waals surface area contributed by atoms with Crippen LogP contribution in [-0.2, 0) is 13.0 Å². The topological polar surface area (TPSA) is 59.6 Å². The van der Waals surface area contributed by atoms with E-state index < -0.39 is 0 Å². The molecule has 0 aliphatic carbocycles. The van der Waals surface area contributed by atoms with Gasteiger partial charge in [-0.25, -0.2) is 4.79 Å². The number of amides is 2. The second-order valence-electron chi connectivity index (χ2n) is 5.54. The van der Waals surface area contributed by atoms with E-state index in [1.54, 1.807) is 14.2 Å². The van der Waals surface area contributed by atoms with Crippen LogP contribution in [0.25, 0.3) is 0 Å². The van der Waals surface area contributed by atoms with Gasteiger partial charge in [-0.2, -0.15) is 0 Å². The van der Waals surface area contributed by atoms with E-state index in [1.807, 2.05) is 43.3 Å². The Morgan fingerprint density at radius 2 is 1.75 bits per heavy atom. The molecule has 5 heteroatoms. The van der Waals surface area contributed by atoms with Crippen LogP contribution in [0.5, 0.6) is 11.5 Å². The lowest BCUT2D eigenvalue weighted by Crippen LogP contribution is -2.36. The number of nitrogens with one attached hydrogen (secondary N) is 2. The van der Waals surface area contributed by atoms with E-state index in [2.05, 4.69) is 16.7 Å². The Hall–Kier alpha value is -2.69. The molecule has 24 heavy (non-hydrogen) atoms. The van der Waals surface area contributed by atoms with Crippen molar-refractivity contribution in [2.45, 2.75) is 19.9 Å². The molecule has 0 saturated carbocycles. The van der Waals surface area contributed by atoms with E-state index in [0.717, 1.165) is 17.5 Å². The van der Waals surface area contributed by atoms with Crippen LogP contribution in [0.15, 0.2) is 42.5 Å². The van der Waals surface area contributed by atoms with E-state index >= 15 is 0 Å². The molecular formula is C19H24N2O3. The van der Waals surface area contributed by atoms with E-state index in [-0.39, 0.29) is 6.03 Å². The van der Waals surface area contributed by atoms with Gasteiger partial charge in [0.1, 0.15) is 0 Å². The number of hydrogen-bond acceptors (Lipinski definition) is 3. The smallest absolute Gasteiger partial charge is 0.315 e. The van der Waals surface area contributed by atoms with Crippen molar-refractivity contribution < 1.29 is 14.3 Å². The molecule has 0 unspecified atom stereocenters. The number of benzene rings is 2. The van der Waals surface area contributed by atoms with E-state index in [0.29, 0.717) is 24.6 Å². The summed E-state index contributed by atoms with van der Waals surface area (Å²) in [7, 11) is 3.22. The van der Waals surface area contributed by atoms with Crippen LogP contribution < -0.4 is 20.1 Å². The first-order chi connectivity index (χ1) is 11.6. The highest BCUT2D eigenvalue weighted by molar-refractivity contribution is 5.73. The highest BCUT2D eigenvalue weighted by Crippen LogP contribution is 2.27. The van der Waals surface area contributed by atoms with Crippen molar-refractivity contribution in [1.29, 1.82) is 0 Å². The second-order valence-corrected chi connectivity index (χ2v) is 5.54. The van der Waals surface area contributed by atoms with Crippen molar-refractivity contribution in [3.05, 3.63) is 59.2 Å². The van der Waals surface area contributed by atoms with Gasteiger partial charge in [-0.05, 0) is 36.6 Å². The Kier molecular flexibility index (Phi) is 6.49. The number of urea groups is 1. The van der Waals surface area contributed by atoms with Crippen molar-refractivity contribution >= 4 is 6.03 Å². The molecule has 0 atom stereocenters. The molecule has 0 aliphatic rings. The zero-order chi connectivity index (χ0) is 17.4. The van der Waals surface area contributed by atoms with Gasteiger partial charge < -0.3 is 20.1 Å². The summed E-state index contributed by atoms with van der Waals surface area (Å²) in [4.78, 5) is 11.8.